The molecule has 22 heavy (non-hydrogen) atoms. The molecule has 1 unspecified atom stereocenters. The third-order valence-corrected chi connectivity index (χ3v) is 4.51. The molecule has 4 heteroatoms. The van der Waals surface area contributed by atoms with Crippen molar-refractivity contribution < 1.29 is 0 Å². The van der Waals surface area contributed by atoms with Crippen molar-refractivity contribution in [2.45, 2.75) is 32.0 Å². The summed E-state index contributed by atoms with van der Waals surface area (Å²) in [5.74, 6) is 0. The van der Waals surface area contributed by atoms with Crippen molar-refractivity contribution in [2.24, 2.45) is 0 Å². The van der Waals surface area contributed by atoms with Crippen molar-refractivity contribution >= 4 is 0 Å². The summed E-state index contributed by atoms with van der Waals surface area (Å²) in [5, 5.41) is 4.29. The lowest BCUT2D eigenvalue weighted by atomic mass is 10.0. The second-order valence-corrected chi connectivity index (χ2v) is 6.52. The van der Waals surface area contributed by atoms with Gasteiger partial charge in [0.15, 0.2) is 0 Å². The molecule has 1 saturated heterocycles. The van der Waals surface area contributed by atoms with Gasteiger partial charge in [0.1, 0.15) is 0 Å². The molecule has 0 spiro atoms. The van der Waals surface area contributed by atoms with Crippen molar-refractivity contribution in [3.8, 4) is 0 Å². The van der Waals surface area contributed by atoms with Gasteiger partial charge in [0.25, 0.3) is 0 Å². The maximum Gasteiger partial charge on any atom is 0.0659 e. The number of likely N-dealkylation sites (N-methyl/N-ethyl adjacent to an activating group) is 1. The Morgan fingerprint density at radius 3 is 2.73 bits per heavy atom. The van der Waals surface area contributed by atoms with E-state index in [0.29, 0.717) is 6.04 Å². The van der Waals surface area contributed by atoms with E-state index in [1.54, 1.807) is 0 Å². The molecule has 2 aromatic rings. The van der Waals surface area contributed by atoms with Gasteiger partial charge >= 0.3 is 0 Å². The Bertz CT molecular complexity index is 577. The summed E-state index contributed by atoms with van der Waals surface area (Å²) in [6, 6.07) is 11.6. The molecule has 0 N–H and O–H groups in total. The van der Waals surface area contributed by atoms with Crippen LogP contribution in [0.1, 0.15) is 24.0 Å². The minimum Gasteiger partial charge on any atom is -0.305 e. The smallest absolute Gasteiger partial charge is 0.0659 e. The molecule has 0 amide bonds. The molecule has 1 aromatic heterocycles. The quantitative estimate of drug-likeness (QED) is 0.847. The zero-order valence-electron chi connectivity index (χ0n) is 13.7. The molecule has 0 bridgehead atoms. The van der Waals surface area contributed by atoms with E-state index in [1.807, 2.05) is 23.1 Å². The number of hydrogen-bond acceptors (Lipinski definition) is 3. The molecule has 1 atom stereocenters. The third-order valence-electron chi connectivity index (χ3n) is 4.51. The third kappa shape index (κ3) is 3.96. The minimum atomic E-state index is 0.695. The van der Waals surface area contributed by atoms with Crippen LogP contribution in [-0.4, -0.2) is 52.8 Å². The molecule has 4 nitrogen and oxygen atoms in total. The lowest BCUT2D eigenvalue weighted by Gasteiger charge is -2.36. The Balaban J connectivity index is 1.62. The first-order valence-electron chi connectivity index (χ1n) is 8.15. The molecule has 1 fully saturated rings. The second kappa shape index (κ2) is 7.07. The summed E-state index contributed by atoms with van der Waals surface area (Å²) < 4.78 is 1.97. The van der Waals surface area contributed by atoms with Gasteiger partial charge in [-0.2, -0.15) is 5.10 Å². The van der Waals surface area contributed by atoms with E-state index < -0.39 is 0 Å². The van der Waals surface area contributed by atoms with Gasteiger partial charge in [-0.05, 0) is 50.7 Å². The first-order chi connectivity index (χ1) is 10.7. The zero-order valence-corrected chi connectivity index (χ0v) is 13.7. The highest BCUT2D eigenvalue weighted by Crippen LogP contribution is 2.17. The van der Waals surface area contributed by atoms with E-state index in [4.69, 9.17) is 0 Å². The number of likely N-dealkylation sites (tertiary alicyclic amines) is 1. The van der Waals surface area contributed by atoms with Crippen LogP contribution in [0, 0.1) is 0 Å². The summed E-state index contributed by atoms with van der Waals surface area (Å²) in [7, 11) is 4.39. The first kappa shape index (κ1) is 15.3. The second-order valence-electron chi connectivity index (χ2n) is 6.52. The Labute approximate surface area is 133 Å². The van der Waals surface area contributed by atoms with Gasteiger partial charge < -0.3 is 4.90 Å². The van der Waals surface area contributed by atoms with Crippen molar-refractivity contribution in [2.75, 3.05) is 27.2 Å². The number of hydrogen-bond donors (Lipinski definition) is 0. The Morgan fingerprint density at radius 2 is 2.00 bits per heavy atom. The van der Waals surface area contributed by atoms with Crippen LogP contribution >= 0.6 is 0 Å². The van der Waals surface area contributed by atoms with Crippen LogP contribution in [0.2, 0.25) is 0 Å². The minimum absolute atomic E-state index is 0.695. The molecule has 0 radical (unpaired) electrons. The predicted molar refractivity (Wildman–Crippen MR) is 89.8 cm³/mol. The molecular formula is C18H26N4. The summed E-state index contributed by atoms with van der Waals surface area (Å²) >= 11 is 0. The average Bonchev–Trinajstić information content (AvgIpc) is 3.01. The van der Waals surface area contributed by atoms with Gasteiger partial charge in [-0.1, -0.05) is 24.3 Å². The zero-order chi connectivity index (χ0) is 15.4. The first-order valence-corrected chi connectivity index (χ1v) is 8.15. The summed E-state index contributed by atoms with van der Waals surface area (Å²) in [6.07, 6.45) is 6.47. The van der Waals surface area contributed by atoms with E-state index in [1.165, 1.54) is 37.1 Å². The van der Waals surface area contributed by atoms with Crippen molar-refractivity contribution in [3.63, 3.8) is 0 Å². The molecule has 0 aliphatic carbocycles. The molecule has 1 aliphatic rings. The fourth-order valence-corrected chi connectivity index (χ4v) is 3.26. The Hall–Kier alpha value is -1.65. The normalized spacial score (nSPS) is 19.7. The van der Waals surface area contributed by atoms with Crippen molar-refractivity contribution in [1.29, 1.82) is 0 Å². The van der Waals surface area contributed by atoms with Crippen LogP contribution in [0.4, 0.5) is 0 Å². The van der Waals surface area contributed by atoms with E-state index in [9.17, 15) is 0 Å². The van der Waals surface area contributed by atoms with Crippen LogP contribution in [0.15, 0.2) is 42.7 Å². The van der Waals surface area contributed by atoms with Gasteiger partial charge in [-0.25, -0.2) is 0 Å². The number of nitrogens with zero attached hydrogens (tertiary/aromatic N) is 4. The van der Waals surface area contributed by atoms with Gasteiger partial charge in [-0.15, -0.1) is 0 Å². The predicted octanol–water partition coefficient (Wildman–Crippen LogP) is 2.46. The standard InChI is InChI=1S/C18H26N4/c1-20(2)18-8-4-10-21(15-18)13-16-6-3-7-17(12-16)14-22-11-5-9-19-22/h3,5-7,9,11-12,18H,4,8,10,13-15H2,1-2H3. The van der Waals surface area contributed by atoms with E-state index in [2.05, 4.69) is 53.3 Å². The lowest BCUT2D eigenvalue weighted by Crippen LogP contribution is -2.44. The number of benzene rings is 1. The van der Waals surface area contributed by atoms with Crippen molar-refractivity contribution in [3.05, 3.63) is 53.9 Å². The molecule has 1 aliphatic heterocycles. The van der Waals surface area contributed by atoms with Crippen LogP contribution in [0.25, 0.3) is 0 Å². The Morgan fingerprint density at radius 1 is 1.18 bits per heavy atom. The fourth-order valence-electron chi connectivity index (χ4n) is 3.26. The van der Waals surface area contributed by atoms with Crippen molar-refractivity contribution in [1.82, 2.24) is 19.6 Å². The summed E-state index contributed by atoms with van der Waals surface area (Å²) in [6.45, 7) is 4.29. The fraction of sp³-hybridized carbons (Fsp3) is 0.500. The monoisotopic (exact) mass is 298 g/mol. The molecule has 118 valence electrons. The number of piperidine rings is 1. The molecule has 1 aromatic carbocycles. The number of aromatic nitrogens is 2. The van der Waals surface area contributed by atoms with E-state index >= 15 is 0 Å². The maximum absolute atomic E-state index is 4.29. The summed E-state index contributed by atoms with van der Waals surface area (Å²) in [4.78, 5) is 4.95. The lowest BCUT2D eigenvalue weighted by molar-refractivity contribution is 0.128. The number of rotatable bonds is 5. The Kier molecular flexibility index (Phi) is 4.90. The average molecular weight is 298 g/mol. The highest BCUT2D eigenvalue weighted by Gasteiger charge is 2.21. The van der Waals surface area contributed by atoms with Crippen LogP contribution in [0.5, 0.6) is 0 Å². The van der Waals surface area contributed by atoms with Crippen LogP contribution in [0.3, 0.4) is 0 Å². The van der Waals surface area contributed by atoms with Gasteiger partial charge in [0, 0.05) is 31.5 Å². The summed E-state index contributed by atoms with van der Waals surface area (Å²) in [5.41, 5.74) is 2.73. The van der Waals surface area contributed by atoms with E-state index in [-0.39, 0.29) is 0 Å². The van der Waals surface area contributed by atoms with Crippen LogP contribution < -0.4 is 0 Å². The van der Waals surface area contributed by atoms with Gasteiger partial charge in [0.2, 0.25) is 0 Å². The van der Waals surface area contributed by atoms with Gasteiger partial charge in [0.05, 0.1) is 6.54 Å². The van der Waals surface area contributed by atoms with Crippen LogP contribution in [-0.2, 0) is 13.1 Å². The maximum atomic E-state index is 4.29. The topological polar surface area (TPSA) is 24.3 Å². The largest absolute Gasteiger partial charge is 0.305 e. The molecule has 0 saturated carbocycles. The molecule has 2 heterocycles. The molecular weight excluding hydrogens is 272 g/mol. The SMILES string of the molecule is CN(C)C1CCCN(Cc2cccc(Cn3cccn3)c2)C1. The highest BCUT2D eigenvalue weighted by atomic mass is 15.3. The van der Waals surface area contributed by atoms with Gasteiger partial charge in [-0.3, -0.25) is 9.58 Å². The van der Waals surface area contributed by atoms with E-state index in [0.717, 1.165) is 13.1 Å². The highest BCUT2D eigenvalue weighted by molar-refractivity contribution is 5.23. The molecule has 3 rings (SSSR count).